The minimum atomic E-state index is -0.754. The number of amides is 2. The number of ether oxygens (including phenoxy) is 2. The van der Waals surface area contributed by atoms with Gasteiger partial charge in [-0.25, -0.2) is 4.39 Å². The number of aliphatic carboxylic acids is 1. The first-order chi connectivity index (χ1) is 22.7. The van der Waals surface area contributed by atoms with Crippen LogP contribution in [0.4, 0.5) is 10.1 Å². The molecule has 3 aromatic rings. The van der Waals surface area contributed by atoms with Crippen LogP contribution in [-0.2, 0) is 25.5 Å². The minimum Gasteiger partial charge on any atom is -0.481 e. The van der Waals surface area contributed by atoms with Crippen molar-refractivity contribution in [1.29, 1.82) is 0 Å². The van der Waals surface area contributed by atoms with E-state index in [1.54, 1.807) is 12.5 Å². The van der Waals surface area contributed by atoms with Crippen LogP contribution in [-0.4, -0.2) is 90.8 Å². The van der Waals surface area contributed by atoms with Crippen molar-refractivity contribution in [1.82, 2.24) is 9.80 Å². The van der Waals surface area contributed by atoms with Crippen molar-refractivity contribution in [3.05, 3.63) is 63.7 Å². The molecular weight excluding hydrogens is 645 g/mol. The lowest BCUT2D eigenvalue weighted by Gasteiger charge is -2.43. The molecule has 2 aliphatic heterocycles. The fourth-order valence-corrected chi connectivity index (χ4v) is 8.32. The standard InChI is InChI=1S/C35H41ClFN3O6S/c1-45-11-10-21-16-39(17-21)24-14-25(19-46-26-8-6-22(7-9-26)35(43)44)40(18-24)33(41)13-23-12-29(36)31(15-30(23)37)38-34(42)28-20-47-32-5-3-2-4-27(28)32/h2-5,12,15,20-22,24-26H,6-11,13-14,16-19H2,1H3,(H,38,42)(H,43,44)/t22?,24-,25-,26?/m0/s1. The Morgan fingerprint density at radius 3 is 2.62 bits per heavy atom. The van der Waals surface area contributed by atoms with Crippen LogP contribution in [0.15, 0.2) is 41.8 Å². The summed E-state index contributed by atoms with van der Waals surface area (Å²) >= 11 is 7.98. The number of thiophene rings is 1. The molecule has 6 rings (SSSR count). The number of halogens is 2. The summed E-state index contributed by atoms with van der Waals surface area (Å²) < 4.78 is 27.9. The van der Waals surface area contributed by atoms with Gasteiger partial charge in [-0.05, 0) is 68.2 Å². The number of carbonyl (C=O) groups excluding carboxylic acids is 2. The maximum Gasteiger partial charge on any atom is 0.306 e. The Morgan fingerprint density at radius 2 is 1.87 bits per heavy atom. The topological polar surface area (TPSA) is 108 Å². The number of hydrogen-bond donors (Lipinski definition) is 2. The molecule has 1 aliphatic carbocycles. The van der Waals surface area contributed by atoms with E-state index in [0.717, 1.165) is 42.6 Å². The molecule has 0 spiro atoms. The van der Waals surface area contributed by atoms with Crippen LogP contribution in [0.5, 0.6) is 0 Å². The summed E-state index contributed by atoms with van der Waals surface area (Å²) in [5, 5.41) is 14.8. The molecule has 1 aromatic heterocycles. The largest absolute Gasteiger partial charge is 0.481 e. The molecule has 0 bridgehead atoms. The highest BCUT2D eigenvalue weighted by atomic mass is 35.5. The number of nitrogens with zero attached hydrogens (tertiary/aromatic N) is 2. The second-order valence-corrected chi connectivity index (χ2v) is 14.4. The van der Waals surface area contributed by atoms with Gasteiger partial charge in [-0.3, -0.25) is 19.3 Å². The predicted molar refractivity (Wildman–Crippen MR) is 180 cm³/mol. The van der Waals surface area contributed by atoms with Gasteiger partial charge in [-0.1, -0.05) is 29.8 Å². The number of anilines is 1. The average molecular weight is 686 g/mol. The lowest BCUT2D eigenvalue weighted by Crippen LogP contribution is -2.53. The van der Waals surface area contributed by atoms with Crippen molar-refractivity contribution in [2.45, 2.75) is 63.1 Å². The molecule has 2 atom stereocenters. The van der Waals surface area contributed by atoms with E-state index < -0.39 is 11.8 Å². The number of likely N-dealkylation sites (tertiary alicyclic amines) is 2. The Balaban J connectivity index is 1.11. The number of hydrogen-bond acceptors (Lipinski definition) is 7. The van der Waals surface area contributed by atoms with Crippen LogP contribution >= 0.6 is 22.9 Å². The fraction of sp³-hybridized carbons (Fsp3) is 0.514. The monoisotopic (exact) mass is 685 g/mol. The Morgan fingerprint density at radius 1 is 1.11 bits per heavy atom. The van der Waals surface area contributed by atoms with Gasteiger partial charge in [0, 0.05) is 54.9 Å². The molecule has 0 radical (unpaired) electrons. The van der Waals surface area contributed by atoms with Crippen LogP contribution in [0.2, 0.25) is 5.02 Å². The minimum absolute atomic E-state index is 0.0323. The van der Waals surface area contributed by atoms with Gasteiger partial charge in [0.15, 0.2) is 0 Å². The van der Waals surface area contributed by atoms with Gasteiger partial charge in [-0.2, -0.15) is 0 Å². The molecule has 12 heteroatoms. The Labute approximate surface area is 283 Å². The van der Waals surface area contributed by atoms with E-state index in [0.29, 0.717) is 50.3 Å². The highest BCUT2D eigenvalue weighted by molar-refractivity contribution is 7.17. The van der Waals surface area contributed by atoms with E-state index >= 15 is 4.39 Å². The third kappa shape index (κ3) is 7.81. The zero-order valence-corrected chi connectivity index (χ0v) is 28.0. The summed E-state index contributed by atoms with van der Waals surface area (Å²) in [6, 6.07) is 10.2. The Bertz CT molecular complexity index is 1610. The molecule has 3 fully saturated rings. The Hall–Kier alpha value is -3.09. The molecule has 252 valence electrons. The van der Waals surface area contributed by atoms with Crippen LogP contribution in [0, 0.1) is 17.7 Å². The molecule has 47 heavy (non-hydrogen) atoms. The number of rotatable bonds is 12. The summed E-state index contributed by atoms with van der Waals surface area (Å²) in [7, 11) is 1.71. The van der Waals surface area contributed by atoms with Crippen LogP contribution in [0.25, 0.3) is 10.1 Å². The van der Waals surface area contributed by atoms with E-state index in [-0.39, 0.29) is 58.6 Å². The van der Waals surface area contributed by atoms with Crippen molar-refractivity contribution < 1.29 is 33.4 Å². The summed E-state index contributed by atoms with van der Waals surface area (Å²) in [5.41, 5.74) is 0.796. The number of carboxylic acid groups (broad SMARTS) is 1. The summed E-state index contributed by atoms with van der Waals surface area (Å²) in [6.45, 7) is 3.55. The molecule has 3 heterocycles. The second kappa shape index (κ2) is 15.0. The molecule has 2 aromatic carbocycles. The van der Waals surface area contributed by atoms with Crippen molar-refractivity contribution in [3.63, 3.8) is 0 Å². The molecule has 0 unspecified atom stereocenters. The normalized spacial score (nSPS) is 23.6. The highest BCUT2D eigenvalue weighted by Gasteiger charge is 2.42. The lowest BCUT2D eigenvalue weighted by atomic mass is 9.87. The van der Waals surface area contributed by atoms with Crippen molar-refractivity contribution >= 4 is 56.5 Å². The number of carbonyl (C=O) groups is 3. The maximum absolute atomic E-state index is 15.4. The maximum atomic E-state index is 15.4. The summed E-state index contributed by atoms with van der Waals surface area (Å²) in [5.74, 6) is -1.70. The SMILES string of the molecule is COCCC1CN([C@H]2C[C@@H](COC3CCC(C(=O)O)CC3)N(C(=O)Cc3cc(Cl)c(NC(=O)c4csc5ccccc45)cc3F)C2)C1. The van der Waals surface area contributed by atoms with Gasteiger partial charge in [0.25, 0.3) is 5.91 Å². The number of benzene rings is 2. The highest BCUT2D eigenvalue weighted by Crippen LogP contribution is 2.33. The van der Waals surface area contributed by atoms with Gasteiger partial charge < -0.3 is 24.8 Å². The van der Waals surface area contributed by atoms with Gasteiger partial charge in [0.05, 0.1) is 47.4 Å². The number of nitrogens with one attached hydrogen (secondary N) is 1. The molecule has 2 amide bonds. The van der Waals surface area contributed by atoms with Gasteiger partial charge >= 0.3 is 5.97 Å². The van der Waals surface area contributed by atoms with Crippen LogP contribution in [0.1, 0.15) is 54.4 Å². The zero-order chi connectivity index (χ0) is 33.1. The molecular formula is C35H41ClFN3O6S. The number of carboxylic acids is 1. The Kier molecular flexibility index (Phi) is 10.8. The first kappa shape index (κ1) is 33.8. The first-order valence-corrected chi connectivity index (χ1v) is 17.6. The quantitative estimate of drug-likeness (QED) is 0.238. The van der Waals surface area contributed by atoms with Gasteiger partial charge in [0.2, 0.25) is 5.91 Å². The predicted octanol–water partition coefficient (Wildman–Crippen LogP) is 6.09. The average Bonchev–Trinajstić information content (AvgIpc) is 3.67. The molecule has 2 saturated heterocycles. The smallest absolute Gasteiger partial charge is 0.306 e. The van der Waals surface area contributed by atoms with E-state index in [1.165, 1.54) is 23.5 Å². The van der Waals surface area contributed by atoms with Gasteiger partial charge in [-0.15, -0.1) is 11.3 Å². The third-order valence-electron chi connectivity index (χ3n) is 9.94. The third-order valence-corrected chi connectivity index (χ3v) is 11.2. The van der Waals surface area contributed by atoms with E-state index in [1.807, 2.05) is 29.2 Å². The first-order valence-electron chi connectivity index (χ1n) is 16.3. The number of fused-ring (bicyclic) bond motifs is 1. The van der Waals surface area contributed by atoms with Crippen LogP contribution < -0.4 is 5.32 Å². The molecule has 9 nitrogen and oxygen atoms in total. The van der Waals surface area contributed by atoms with E-state index in [9.17, 15) is 19.5 Å². The second-order valence-electron chi connectivity index (χ2n) is 13.0. The molecule has 1 saturated carbocycles. The van der Waals surface area contributed by atoms with Crippen molar-refractivity contribution in [2.75, 3.05) is 45.3 Å². The zero-order valence-electron chi connectivity index (χ0n) is 26.5. The van der Waals surface area contributed by atoms with Crippen molar-refractivity contribution in [3.8, 4) is 0 Å². The number of methoxy groups -OCH3 is 1. The molecule has 2 N–H and O–H groups in total. The van der Waals surface area contributed by atoms with Crippen molar-refractivity contribution in [2.24, 2.45) is 11.8 Å². The summed E-state index contributed by atoms with van der Waals surface area (Å²) in [4.78, 5) is 42.4. The van der Waals surface area contributed by atoms with E-state index in [4.69, 9.17) is 21.1 Å². The lowest BCUT2D eigenvalue weighted by molar-refractivity contribution is -0.144. The summed E-state index contributed by atoms with van der Waals surface area (Å²) in [6.07, 6.45) is 4.12. The van der Waals surface area contributed by atoms with Gasteiger partial charge in [0.1, 0.15) is 5.82 Å². The van der Waals surface area contributed by atoms with E-state index in [2.05, 4.69) is 10.2 Å². The van der Waals surface area contributed by atoms with Crippen LogP contribution in [0.3, 0.4) is 0 Å². The fourth-order valence-electron chi connectivity index (χ4n) is 7.15. The molecule has 3 aliphatic rings.